The van der Waals surface area contributed by atoms with Gasteiger partial charge in [-0.05, 0) is 26.5 Å². The summed E-state index contributed by atoms with van der Waals surface area (Å²) in [6.45, 7) is 11.7. The Labute approximate surface area is 92.5 Å². The molecule has 0 bridgehead atoms. The van der Waals surface area contributed by atoms with Gasteiger partial charge in [0.25, 0.3) is 0 Å². The van der Waals surface area contributed by atoms with Crippen LogP contribution < -0.4 is 0 Å². The molecule has 0 amide bonds. The number of nitrogens with zero attached hydrogens (tertiary/aromatic N) is 2. The van der Waals surface area contributed by atoms with Gasteiger partial charge in [-0.15, -0.1) is 11.6 Å². The largest absolute Gasteiger partial charge is 0.298 e. The van der Waals surface area contributed by atoms with Gasteiger partial charge in [0.1, 0.15) is 0 Å². The van der Waals surface area contributed by atoms with Crippen LogP contribution in [-0.4, -0.2) is 54.4 Å². The van der Waals surface area contributed by atoms with E-state index < -0.39 is 0 Å². The number of hydrogen-bond acceptors (Lipinski definition) is 2. The zero-order valence-electron chi connectivity index (χ0n) is 9.46. The van der Waals surface area contributed by atoms with E-state index in [2.05, 4.69) is 37.3 Å². The Kier molecular flexibility index (Phi) is 4.42. The van der Waals surface area contributed by atoms with Crippen molar-refractivity contribution in [3.8, 4) is 0 Å². The molecule has 1 rings (SSSR count). The van der Waals surface area contributed by atoms with Crippen LogP contribution in [0.4, 0.5) is 0 Å². The van der Waals surface area contributed by atoms with Crippen LogP contribution >= 0.6 is 11.6 Å². The average Bonchev–Trinajstić information content (AvgIpc) is 2.14. The standard InChI is InChI=1S/C11H21ClN2/c1-9(5-12)6-14-7-10(2)13(4)11(3)8-14/h10-11H,1,5-8H2,2-4H3. The molecule has 1 heterocycles. The lowest BCUT2D eigenvalue weighted by Gasteiger charge is -2.42. The Morgan fingerprint density at radius 2 is 1.86 bits per heavy atom. The van der Waals surface area contributed by atoms with E-state index in [9.17, 15) is 0 Å². The minimum Gasteiger partial charge on any atom is -0.298 e. The first-order chi connectivity index (χ1) is 6.54. The van der Waals surface area contributed by atoms with Crippen molar-refractivity contribution >= 4 is 11.6 Å². The molecule has 2 atom stereocenters. The van der Waals surface area contributed by atoms with E-state index in [0.717, 1.165) is 25.2 Å². The SMILES string of the molecule is C=C(CCl)CN1CC(C)N(C)C(C)C1. The normalized spacial score (nSPS) is 30.6. The molecule has 0 aromatic heterocycles. The first-order valence-electron chi connectivity index (χ1n) is 5.21. The Hall–Kier alpha value is -0.0500. The first-order valence-corrected chi connectivity index (χ1v) is 5.75. The maximum absolute atomic E-state index is 5.74. The van der Waals surface area contributed by atoms with E-state index in [1.165, 1.54) is 0 Å². The molecule has 14 heavy (non-hydrogen) atoms. The fourth-order valence-corrected chi connectivity index (χ4v) is 2.09. The molecule has 1 aliphatic rings. The molecule has 0 saturated carbocycles. The van der Waals surface area contributed by atoms with Gasteiger partial charge in [-0.3, -0.25) is 9.80 Å². The summed E-state index contributed by atoms with van der Waals surface area (Å²) < 4.78 is 0. The highest BCUT2D eigenvalue weighted by molar-refractivity contribution is 6.19. The fraction of sp³-hybridized carbons (Fsp3) is 0.818. The summed E-state index contributed by atoms with van der Waals surface area (Å²) >= 11 is 5.74. The molecular weight excluding hydrogens is 196 g/mol. The second-order valence-corrected chi connectivity index (χ2v) is 4.71. The fourth-order valence-electron chi connectivity index (χ4n) is 2.00. The molecule has 2 nitrogen and oxygen atoms in total. The monoisotopic (exact) mass is 216 g/mol. The summed E-state index contributed by atoms with van der Waals surface area (Å²) in [5.74, 6) is 0.578. The van der Waals surface area contributed by atoms with Crippen LogP contribution in [0.3, 0.4) is 0 Å². The molecule has 0 aromatic carbocycles. The van der Waals surface area contributed by atoms with Crippen molar-refractivity contribution in [3.63, 3.8) is 0 Å². The maximum atomic E-state index is 5.74. The van der Waals surface area contributed by atoms with Crippen molar-refractivity contribution in [3.05, 3.63) is 12.2 Å². The zero-order valence-corrected chi connectivity index (χ0v) is 10.2. The van der Waals surface area contributed by atoms with Crippen LogP contribution in [0.15, 0.2) is 12.2 Å². The van der Waals surface area contributed by atoms with Gasteiger partial charge in [0.05, 0.1) is 0 Å². The van der Waals surface area contributed by atoms with Gasteiger partial charge < -0.3 is 0 Å². The lowest BCUT2D eigenvalue weighted by Crippen LogP contribution is -2.55. The molecule has 0 spiro atoms. The zero-order chi connectivity index (χ0) is 10.7. The van der Waals surface area contributed by atoms with Gasteiger partial charge in [0.2, 0.25) is 0 Å². The van der Waals surface area contributed by atoms with Gasteiger partial charge in [-0.2, -0.15) is 0 Å². The summed E-state index contributed by atoms with van der Waals surface area (Å²) in [7, 11) is 2.20. The second kappa shape index (κ2) is 5.15. The van der Waals surface area contributed by atoms with Crippen LogP contribution in [0.25, 0.3) is 0 Å². The Balaban J connectivity index is 2.45. The van der Waals surface area contributed by atoms with Gasteiger partial charge in [-0.25, -0.2) is 0 Å². The molecular formula is C11H21ClN2. The summed E-state index contributed by atoms with van der Waals surface area (Å²) in [5, 5.41) is 0. The van der Waals surface area contributed by atoms with Crippen molar-refractivity contribution in [2.75, 3.05) is 32.6 Å². The summed E-state index contributed by atoms with van der Waals surface area (Å²) in [5.41, 5.74) is 1.12. The third-order valence-electron chi connectivity index (χ3n) is 3.07. The van der Waals surface area contributed by atoms with E-state index in [0.29, 0.717) is 18.0 Å². The summed E-state index contributed by atoms with van der Waals surface area (Å²) in [4.78, 5) is 4.88. The van der Waals surface area contributed by atoms with Crippen LogP contribution in [-0.2, 0) is 0 Å². The molecule has 1 aliphatic heterocycles. The molecule has 0 N–H and O–H groups in total. The lowest BCUT2D eigenvalue weighted by molar-refractivity contribution is 0.0659. The molecule has 1 saturated heterocycles. The Bertz CT molecular complexity index is 193. The van der Waals surface area contributed by atoms with Crippen LogP contribution in [0.2, 0.25) is 0 Å². The van der Waals surface area contributed by atoms with Crippen molar-refractivity contribution in [2.45, 2.75) is 25.9 Å². The molecule has 1 fully saturated rings. The van der Waals surface area contributed by atoms with Crippen LogP contribution in [0, 0.1) is 0 Å². The predicted molar refractivity (Wildman–Crippen MR) is 63.0 cm³/mol. The van der Waals surface area contributed by atoms with Gasteiger partial charge >= 0.3 is 0 Å². The van der Waals surface area contributed by atoms with Gasteiger partial charge in [-0.1, -0.05) is 6.58 Å². The third-order valence-corrected chi connectivity index (χ3v) is 3.45. The molecule has 82 valence electrons. The summed E-state index contributed by atoms with van der Waals surface area (Å²) in [6, 6.07) is 1.25. The number of hydrogen-bond donors (Lipinski definition) is 0. The van der Waals surface area contributed by atoms with E-state index in [-0.39, 0.29) is 0 Å². The maximum Gasteiger partial charge on any atom is 0.0443 e. The van der Waals surface area contributed by atoms with E-state index in [1.54, 1.807) is 0 Å². The molecule has 0 aromatic rings. The molecule has 3 heteroatoms. The number of piperazine rings is 1. The Morgan fingerprint density at radius 1 is 1.36 bits per heavy atom. The molecule has 2 unspecified atom stereocenters. The van der Waals surface area contributed by atoms with Gasteiger partial charge in [0.15, 0.2) is 0 Å². The number of alkyl halides is 1. The number of likely N-dealkylation sites (N-methyl/N-ethyl adjacent to an activating group) is 1. The topological polar surface area (TPSA) is 6.48 Å². The highest BCUT2D eigenvalue weighted by Gasteiger charge is 2.26. The van der Waals surface area contributed by atoms with Gasteiger partial charge in [0, 0.05) is 37.6 Å². The van der Waals surface area contributed by atoms with Crippen molar-refractivity contribution < 1.29 is 0 Å². The van der Waals surface area contributed by atoms with Crippen LogP contribution in [0.1, 0.15) is 13.8 Å². The quantitative estimate of drug-likeness (QED) is 0.525. The number of rotatable bonds is 3. The van der Waals surface area contributed by atoms with E-state index in [1.807, 2.05) is 0 Å². The van der Waals surface area contributed by atoms with Crippen molar-refractivity contribution in [1.82, 2.24) is 9.80 Å². The Morgan fingerprint density at radius 3 is 2.29 bits per heavy atom. The second-order valence-electron chi connectivity index (χ2n) is 4.44. The number of halogens is 1. The third kappa shape index (κ3) is 2.97. The highest BCUT2D eigenvalue weighted by atomic mass is 35.5. The van der Waals surface area contributed by atoms with Crippen LogP contribution in [0.5, 0.6) is 0 Å². The average molecular weight is 217 g/mol. The highest BCUT2D eigenvalue weighted by Crippen LogP contribution is 2.14. The smallest absolute Gasteiger partial charge is 0.0443 e. The van der Waals surface area contributed by atoms with E-state index in [4.69, 9.17) is 11.6 Å². The van der Waals surface area contributed by atoms with Crippen molar-refractivity contribution in [1.29, 1.82) is 0 Å². The summed E-state index contributed by atoms with van der Waals surface area (Å²) in [6.07, 6.45) is 0. The molecule has 0 radical (unpaired) electrons. The predicted octanol–water partition coefficient (Wildman–Crippen LogP) is 1.81. The van der Waals surface area contributed by atoms with Crippen molar-refractivity contribution in [2.24, 2.45) is 0 Å². The lowest BCUT2D eigenvalue weighted by atomic mass is 10.1. The first kappa shape index (κ1) is 12.0. The minimum atomic E-state index is 0.578. The minimum absolute atomic E-state index is 0.578. The molecule has 0 aliphatic carbocycles. The van der Waals surface area contributed by atoms with E-state index >= 15 is 0 Å².